The molecule has 5 heteroatoms. The molecule has 1 rings (SSSR count). The molecule has 80 valence electrons. The Labute approximate surface area is 102 Å². The van der Waals surface area contributed by atoms with E-state index >= 15 is 0 Å². The van der Waals surface area contributed by atoms with Gasteiger partial charge in [-0.25, -0.2) is 4.79 Å². The summed E-state index contributed by atoms with van der Waals surface area (Å²) in [6.07, 6.45) is 2.77. The number of hydrogen-bond donors (Lipinski definition) is 0. The predicted octanol–water partition coefficient (Wildman–Crippen LogP) is 3.83. The summed E-state index contributed by atoms with van der Waals surface area (Å²) in [4.78, 5) is 10.8. The summed E-state index contributed by atoms with van der Waals surface area (Å²) in [5.41, 5.74) is 0.608. The molecule has 0 saturated heterocycles. The van der Waals surface area contributed by atoms with Gasteiger partial charge in [-0.2, -0.15) is 0 Å². The molecule has 1 aromatic carbocycles. The highest BCUT2D eigenvalue weighted by molar-refractivity contribution is 6.43. The highest BCUT2D eigenvalue weighted by atomic mass is 35.5. The molecule has 0 aliphatic rings. The lowest BCUT2D eigenvalue weighted by atomic mass is 10.2. The van der Waals surface area contributed by atoms with Gasteiger partial charge in [-0.1, -0.05) is 34.8 Å². The van der Waals surface area contributed by atoms with Crippen molar-refractivity contribution >= 4 is 46.8 Å². The topological polar surface area (TPSA) is 26.3 Å². The van der Waals surface area contributed by atoms with Crippen LogP contribution in [0.3, 0.4) is 0 Å². The lowest BCUT2D eigenvalue weighted by Gasteiger charge is -2.01. The van der Waals surface area contributed by atoms with Crippen LogP contribution < -0.4 is 0 Å². The van der Waals surface area contributed by atoms with Crippen molar-refractivity contribution in [2.24, 2.45) is 0 Å². The fourth-order valence-electron chi connectivity index (χ4n) is 0.892. The molecule has 0 bridgehead atoms. The fourth-order valence-corrected chi connectivity index (χ4v) is 1.51. The summed E-state index contributed by atoms with van der Waals surface area (Å²) in [5.74, 6) is -0.461. The number of methoxy groups -OCH3 is 1. The Morgan fingerprint density at radius 1 is 1.20 bits per heavy atom. The van der Waals surface area contributed by atoms with Crippen LogP contribution >= 0.6 is 34.8 Å². The van der Waals surface area contributed by atoms with Gasteiger partial charge < -0.3 is 4.74 Å². The highest BCUT2D eigenvalue weighted by Gasteiger charge is 2.03. The molecule has 0 unspecified atom stereocenters. The van der Waals surface area contributed by atoms with E-state index in [1.807, 2.05) is 0 Å². The van der Waals surface area contributed by atoms with Gasteiger partial charge in [-0.05, 0) is 23.8 Å². The average molecular weight is 266 g/mol. The van der Waals surface area contributed by atoms with Gasteiger partial charge in [0.1, 0.15) is 0 Å². The predicted molar refractivity (Wildman–Crippen MR) is 62.5 cm³/mol. The number of carbonyl (C=O) groups excluding carboxylic acids is 1. The molecule has 2 nitrogen and oxygen atoms in total. The van der Waals surface area contributed by atoms with Gasteiger partial charge in [-0.3, -0.25) is 0 Å². The van der Waals surface area contributed by atoms with Crippen LogP contribution in [0.2, 0.25) is 15.1 Å². The summed E-state index contributed by atoms with van der Waals surface area (Å²) in [6, 6.07) is 3.09. The summed E-state index contributed by atoms with van der Waals surface area (Å²) < 4.78 is 4.44. The lowest BCUT2D eigenvalue weighted by molar-refractivity contribution is -0.134. The van der Waals surface area contributed by atoms with E-state index in [0.717, 1.165) is 0 Å². The third kappa shape index (κ3) is 3.42. The molecule has 0 N–H and O–H groups in total. The third-order valence-corrected chi connectivity index (χ3v) is 2.69. The maximum atomic E-state index is 10.8. The second-order valence-corrected chi connectivity index (χ2v) is 3.87. The minimum Gasteiger partial charge on any atom is -0.466 e. The van der Waals surface area contributed by atoms with Crippen molar-refractivity contribution in [3.05, 3.63) is 38.8 Å². The largest absolute Gasteiger partial charge is 0.466 e. The van der Waals surface area contributed by atoms with Crippen molar-refractivity contribution in [3.63, 3.8) is 0 Å². The number of esters is 1. The molecule has 0 atom stereocenters. The lowest BCUT2D eigenvalue weighted by Crippen LogP contribution is -1.93. The van der Waals surface area contributed by atoms with Crippen molar-refractivity contribution in [2.45, 2.75) is 0 Å². The van der Waals surface area contributed by atoms with Gasteiger partial charge in [-0.15, -0.1) is 0 Å². The van der Waals surface area contributed by atoms with Gasteiger partial charge in [0, 0.05) is 11.1 Å². The average Bonchev–Trinajstić information content (AvgIpc) is 2.21. The quantitative estimate of drug-likeness (QED) is 0.461. The Hall–Kier alpha value is -0.700. The maximum absolute atomic E-state index is 10.8. The van der Waals surface area contributed by atoms with E-state index in [2.05, 4.69) is 4.74 Å². The molecule has 0 aromatic heterocycles. The second kappa shape index (κ2) is 5.40. The van der Waals surface area contributed by atoms with Crippen molar-refractivity contribution in [1.82, 2.24) is 0 Å². The Morgan fingerprint density at radius 3 is 2.40 bits per heavy atom. The minimum atomic E-state index is -0.461. The van der Waals surface area contributed by atoms with Gasteiger partial charge in [0.25, 0.3) is 0 Å². The van der Waals surface area contributed by atoms with Gasteiger partial charge in [0.05, 0.1) is 17.2 Å². The smallest absolute Gasteiger partial charge is 0.330 e. The van der Waals surface area contributed by atoms with Crippen LogP contribution in [-0.2, 0) is 9.53 Å². The second-order valence-electron chi connectivity index (χ2n) is 2.64. The Bertz CT molecular complexity index is 413. The zero-order chi connectivity index (χ0) is 11.4. The molecule has 1 aromatic rings. The van der Waals surface area contributed by atoms with Crippen LogP contribution in [0.5, 0.6) is 0 Å². The van der Waals surface area contributed by atoms with Gasteiger partial charge in [0.15, 0.2) is 0 Å². The molecule has 0 aliphatic heterocycles. The number of benzene rings is 1. The first-order valence-electron chi connectivity index (χ1n) is 3.95. The van der Waals surface area contributed by atoms with Crippen LogP contribution in [-0.4, -0.2) is 13.1 Å². The van der Waals surface area contributed by atoms with Crippen LogP contribution in [0, 0.1) is 0 Å². The van der Waals surface area contributed by atoms with E-state index in [4.69, 9.17) is 34.8 Å². The summed E-state index contributed by atoms with van der Waals surface area (Å²) in [7, 11) is 1.29. The zero-order valence-electron chi connectivity index (χ0n) is 7.76. The van der Waals surface area contributed by atoms with Gasteiger partial charge >= 0.3 is 5.97 Å². The van der Waals surface area contributed by atoms with Crippen LogP contribution in [0.25, 0.3) is 6.08 Å². The van der Waals surface area contributed by atoms with E-state index in [1.54, 1.807) is 6.07 Å². The van der Waals surface area contributed by atoms with E-state index in [-0.39, 0.29) is 0 Å². The normalized spacial score (nSPS) is 10.7. The van der Waals surface area contributed by atoms with E-state index in [0.29, 0.717) is 20.6 Å². The van der Waals surface area contributed by atoms with E-state index in [9.17, 15) is 4.79 Å². The fraction of sp³-hybridized carbons (Fsp3) is 0.100. The molecule has 0 fully saturated rings. The molecule has 0 amide bonds. The summed E-state index contributed by atoms with van der Waals surface area (Å²) >= 11 is 17.4. The molecule has 0 radical (unpaired) electrons. The molecule has 15 heavy (non-hydrogen) atoms. The van der Waals surface area contributed by atoms with Crippen molar-refractivity contribution in [3.8, 4) is 0 Å². The molecule has 0 saturated carbocycles. The van der Waals surface area contributed by atoms with Gasteiger partial charge in [0.2, 0.25) is 0 Å². The number of halogens is 3. The van der Waals surface area contributed by atoms with Crippen LogP contribution in [0.4, 0.5) is 0 Å². The number of hydrogen-bond acceptors (Lipinski definition) is 2. The first kappa shape index (κ1) is 12.4. The molecule has 0 spiro atoms. The Balaban J connectivity index is 3.00. The number of ether oxygens (including phenoxy) is 1. The molecular formula is C10H7Cl3O2. The van der Waals surface area contributed by atoms with E-state index in [1.165, 1.54) is 25.3 Å². The van der Waals surface area contributed by atoms with Crippen molar-refractivity contribution in [1.29, 1.82) is 0 Å². The van der Waals surface area contributed by atoms with Crippen LogP contribution in [0.1, 0.15) is 5.56 Å². The highest BCUT2D eigenvalue weighted by Crippen LogP contribution is 2.29. The zero-order valence-corrected chi connectivity index (χ0v) is 10.0. The summed E-state index contributed by atoms with van der Waals surface area (Å²) in [6.45, 7) is 0. The Kier molecular flexibility index (Phi) is 4.45. The molecule has 0 heterocycles. The first-order chi connectivity index (χ1) is 7.04. The number of rotatable bonds is 2. The molecular weight excluding hydrogens is 258 g/mol. The van der Waals surface area contributed by atoms with Crippen molar-refractivity contribution in [2.75, 3.05) is 7.11 Å². The van der Waals surface area contributed by atoms with Crippen molar-refractivity contribution < 1.29 is 9.53 Å². The molecule has 0 aliphatic carbocycles. The number of carbonyl (C=O) groups is 1. The first-order valence-corrected chi connectivity index (χ1v) is 5.08. The Morgan fingerprint density at radius 2 is 1.80 bits per heavy atom. The monoisotopic (exact) mass is 264 g/mol. The maximum Gasteiger partial charge on any atom is 0.330 e. The standard InChI is InChI=1S/C10H7Cl3O2/c1-15-10(14)3-2-6-4-8(12)9(13)5-7(6)11/h2-5H,1H3. The SMILES string of the molecule is COC(=O)C=Cc1cc(Cl)c(Cl)cc1Cl. The van der Waals surface area contributed by atoms with Crippen LogP contribution in [0.15, 0.2) is 18.2 Å². The minimum absolute atomic E-state index is 0.372. The summed E-state index contributed by atoms with van der Waals surface area (Å²) in [5, 5.41) is 1.17. The third-order valence-electron chi connectivity index (χ3n) is 1.64. The van der Waals surface area contributed by atoms with E-state index < -0.39 is 5.97 Å².